The highest BCUT2D eigenvalue weighted by molar-refractivity contribution is 5.95. The van der Waals surface area contributed by atoms with Crippen molar-refractivity contribution in [1.29, 1.82) is 0 Å². The van der Waals surface area contributed by atoms with E-state index in [2.05, 4.69) is 5.10 Å². The van der Waals surface area contributed by atoms with Crippen LogP contribution in [0.2, 0.25) is 0 Å². The maximum Gasteiger partial charge on any atom is 0.274 e. The monoisotopic (exact) mass is 160 g/mol. The van der Waals surface area contributed by atoms with Crippen LogP contribution in [0.1, 0.15) is 11.2 Å². The van der Waals surface area contributed by atoms with Crippen molar-refractivity contribution >= 4 is 5.91 Å². The summed E-state index contributed by atoms with van der Waals surface area (Å²) in [4.78, 5) is 11.5. The van der Waals surface area contributed by atoms with Gasteiger partial charge >= 0.3 is 0 Å². The summed E-state index contributed by atoms with van der Waals surface area (Å²) in [5.74, 6) is -0.0370. The Labute approximate surface area is 70.0 Å². The lowest BCUT2D eigenvalue weighted by molar-refractivity contribution is 0.0938. The van der Waals surface area contributed by atoms with E-state index in [0.717, 1.165) is 12.0 Å². The molecule has 0 saturated carbocycles. The summed E-state index contributed by atoms with van der Waals surface area (Å²) in [6.45, 7) is 0. The second-order valence-corrected chi connectivity index (χ2v) is 2.58. The van der Waals surface area contributed by atoms with Crippen LogP contribution in [0.25, 0.3) is 0 Å². The van der Waals surface area contributed by atoms with Crippen LogP contribution >= 0.6 is 0 Å². The zero-order chi connectivity index (χ0) is 8.39. The van der Waals surface area contributed by atoms with E-state index in [4.69, 9.17) is 0 Å². The lowest BCUT2D eigenvalue weighted by atomic mass is 10.2. The summed E-state index contributed by atoms with van der Waals surface area (Å²) in [5, 5.41) is 3.86. The van der Waals surface area contributed by atoms with Crippen molar-refractivity contribution in [2.75, 3.05) is 0 Å². The van der Waals surface area contributed by atoms with Gasteiger partial charge in [0.2, 0.25) is 0 Å². The second kappa shape index (κ2) is 2.77. The molecular formula is C9H8N2O. The van der Waals surface area contributed by atoms with Crippen LogP contribution in [0.5, 0.6) is 0 Å². The van der Waals surface area contributed by atoms with Gasteiger partial charge in [-0.3, -0.25) is 4.79 Å². The fourth-order valence-corrected chi connectivity index (χ4v) is 1.14. The van der Waals surface area contributed by atoms with E-state index >= 15 is 0 Å². The van der Waals surface area contributed by atoms with Gasteiger partial charge < -0.3 is 0 Å². The molecule has 1 aromatic heterocycles. The van der Waals surface area contributed by atoms with Crippen molar-refractivity contribution in [2.45, 2.75) is 6.42 Å². The number of carbonyl (C=O) groups is 1. The largest absolute Gasteiger partial charge is 0.274 e. The third-order valence-electron chi connectivity index (χ3n) is 1.76. The lowest BCUT2D eigenvalue weighted by Gasteiger charge is -1.98. The minimum atomic E-state index is -0.0370. The summed E-state index contributed by atoms with van der Waals surface area (Å²) in [6.07, 6.45) is 9.64. The summed E-state index contributed by atoms with van der Waals surface area (Å²) in [5.41, 5.74) is 0.790. The Balaban J connectivity index is 2.22. The number of hydrogen-bond donors (Lipinski definition) is 0. The van der Waals surface area contributed by atoms with Gasteiger partial charge in [0.15, 0.2) is 0 Å². The summed E-state index contributed by atoms with van der Waals surface area (Å²) in [6, 6.07) is 1.74. The topological polar surface area (TPSA) is 34.9 Å². The minimum Gasteiger partial charge on any atom is -0.267 e. The fourth-order valence-electron chi connectivity index (χ4n) is 1.14. The highest BCUT2D eigenvalue weighted by atomic mass is 16.2. The van der Waals surface area contributed by atoms with Crippen LogP contribution in [0.15, 0.2) is 42.3 Å². The third kappa shape index (κ3) is 1.09. The highest BCUT2D eigenvalue weighted by Crippen LogP contribution is 2.11. The van der Waals surface area contributed by atoms with Gasteiger partial charge in [-0.15, -0.1) is 0 Å². The first-order valence-electron chi connectivity index (χ1n) is 3.78. The van der Waals surface area contributed by atoms with Crippen LogP contribution in [0, 0.1) is 0 Å². The molecule has 2 rings (SSSR count). The molecule has 0 saturated heterocycles. The van der Waals surface area contributed by atoms with Crippen LogP contribution in [-0.4, -0.2) is 15.7 Å². The van der Waals surface area contributed by atoms with Gasteiger partial charge in [0, 0.05) is 18.0 Å². The average Bonchev–Trinajstić information content (AvgIpc) is 2.77. The first-order chi connectivity index (χ1) is 5.88. The van der Waals surface area contributed by atoms with Crippen molar-refractivity contribution in [3.05, 3.63) is 42.3 Å². The van der Waals surface area contributed by atoms with Gasteiger partial charge in [0.1, 0.15) is 0 Å². The van der Waals surface area contributed by atoms with E-state index in [-0.39, 0.29) is 5.91 Å². The summed E-state index contributed by atoms with van der Waals surface area (Å²) >= 11 is 0. The molecule has 0 spiro atoms. The number of rotatable bonds is 1. The molecule has 1 aliphatic carbocycles. The third-order valence-corrected chi connectivity index (χ3v) is 1.76. The van der Waals surface area contributed by atoms with E-state index in [1.807, 2.05) is 18.2 Å². The molecule has 0 atom stereocenters. The summed E-state index contributed by atoms with van der Waals surface area (Å²) < 4.78 is 1.35. The Morgan fingerprint density at radius 2 is 2.50 bits per heavy atom. The molecule has 0 aromatic carbocycles. The maximum absolute atomic E-state index is 11.5. The fraction of sp³-hybridized carbons (Fsp3) is 0.111. The molecule has 0 N–H and O–H groups in total. The van der Waals surface area contributed by atoms with Crippen molar-refractivity contribution < 1.29 is 4.79 Å². The van der Waals surface area contributed by atoms with Crippen LogP contribution in [0.3, 0.4) is 0 Å². The molecule has 0 amide bonds. The summed E-state index contributed by atoms with van der Waals surface area (Å²) in [7, 11) is 0. The lowest BCUT2D eigenvalue weighted by Crippen LogP contribution is -2.12. The molecule has 0 unspecified atom stereocenters. The quantitative estimate of drug-likeness (QED) is 0.622. The van der Waals surface area contributed by atoms with E-state index in [0.29, 0.717) is 0 Å². The molecule has 0 bridgehead atoms. The first-order valence-corrected chi connectivity index (χ1v) is 3.78. The van der Waals surface area contributed by atoms with Crippen LogP contribution in [0.4, 0.5) is 0 Å². The number of allylic oxidation sites excluding steroid dienone is 4. The molecular weight excluding hydrogens is 152 g/mol. The molecule has 1 aliphatic rings. The van der Waals surface area contributed by atoms with E-state index in [1.54, 1.807) is 18.5 Å². The average molecular weight is 160 g/mol. The first kappa shape index (κ1) is 7.03. The zero-order valence-electron chi connectivity index (χ0n) is 6.47. The molecule has 60 valence electrons. The van der Waals surface area contributed by atoms with Gasteiger partial charge in [0.05, 0.1) is 0 Å². The van der Waals surface area contributed by atoms with E-state index in [1.165, 1.54) is 4.68 Å². The predicted octanol–water partition coefficient (Wildman–Crippen LogP) is 1.41. The Morgan fingerprint density at radius 1 is 1.58 bits per heavy atom. The number of carbonyl (C=O) groups excluding carboxylic acids is 1. The van der Waals surface area contributed by atoms with Gasteiger partial charge in [-0.25, -0.2) is 4.68 Å². The highest BCUT2D eigenvalue weighted by Gasteiger charge is 2.11. The van der Waals surface area contributed by atoms with Crippen molar-refractivity contribution in [2.24, 2.45) is 0 Å². The van der Waals surface area contributed by atoms with Gasteiger partial charge in [-0.1, -0.05) is 18.2 Å². The van der Waals surface area contributed by atoms with Crippen molar-refractivity contribution in [1.82, 2.24) is 9.78 Å². The Morgan fingerprint density at radius 3 is 3.08 bits per heavy atom. The van der Waals surface area contributed by atoms with E-state index in [9.17, 15) is 4.79 Å². The Kier molecular flexibility index (Phi) is 1.63. The normalized spacial score (nSPS) is 14.8. The minimum absolute atomic E-state index is 0.0370. The molecule has 0 radical (unpaired) electrons. The molecule has 3 nitrogen and oxygen atoms in total. The van der Waals surface area contributed by atoms with Crippen LogP contribution < -0.4 is 0 Å². The molecule has 0 fully saturated rings. The molecule has 12 heavy (non-hydrogen) atoms. The van der Waals surface area contributed by atoms with Crippen molar-refractivity contribution in [3.63, 3.8) is 0 Å². The predicted molar refractivity (Wildman–Crippen MR) is 44.7 cm³/mol. The number of hydrogen-bond acceptors (Lipinski definition) is 2. The number of nitrogens with zero attached hydrogens (tertiary/aromatic N) is 2. The van der Waals surface area contributed by atoms with Crippen molar-refractivity contribution in [3.8, 4) is 0 Å². The Bertz CT molecular complexity index is 347. The number of aromatic nitrogens is 2. The maximum atomic E-state index is 11.5. The zero-order valence-corrected chi connectivity index (χ0v) is 6.47. The molecule has 3 heteroatoms. The molecule has 1 heterocycles. The molecule has 0 aliphatic heterocycles. The molecule has 1 aromatic rings. The second-order valence-electron chi connectivity index (χ2n) is 2.58. The van der Waals surface area contributed by atoms with Gasteiger partial charge in [-0.2, -0.15) is 5.10 Å². The van der Waals surface area contributed by atoms with E-state index < -0.39 is 0 Å². The standard InChI is InChI=1S/C9H8N2O/c12-9(8-4-1-2-5-8)11-7-3-6-10-11/h1-4,6-7H,5H2. The smallest absolute Gasteiger partial charge is 0.267 e. The van der Waals surface area contributed by atoms with Gasteiger partial charge in [-0.05, 0) is 12.5 Å². The SMILES string of the molecule is O=C(C1=CC=CC1)n1cccn1. The van der Waals surface area contributed by atoms with Crippen LogP contribution in [-0.2, 0) is 0 Å². The Hall–Kier alpha value is -1.64. The van der Waals surface area contributed by atoms with Gasteiger partial charge in [0.25, 0.3) is 5.91 Å².